The van der Waals surface area contributed by atoms with Crippen molar-refractivity contribution >= 4 is 34.3 Å². The number of H-pyrrole nitrogens is 1. The van der Waals surface area contributed by atoms with Crippen LogP contribution in [0.5, 0.6) is 0 Å². The maximum atomic E-state index is 13.5. The molecule has 0 fully saturated rings. The molecule has 0 spiro atoms. The first-order chi connectivity index (χ1) is 11.5. The number of fused-ring (bicyclic) bond motifs is 1. The molecule has 3 rings (SSSR count). The minimum absolute atomic E-state index is 0.158. The smallest absolute Gasteiger partial charge is 0.259 e. The Morgan fingerprint density at radius 1 is 1.12 bits per heavy atom. The molecule has 0 aliphatic carbocycles. The summed E-state index contributed by atoms with van der Waals surface area (Å²) in [5, 5.41) is 2.87. The zero-order valence-corrected chi connectivity index (χ0v) is 13.0. The Bertz CT molecular complexity index is 955. The number of carbonyl (C=O) groups is 1. The summed E-state index contributed by atoms with van der Waals surface area (Å²) in [5.74, 6) is -2.48. The van der Waals surface area contributed by atoms with Crippen LogP contribution in [-0.4, -0.2) is 21.6 Å². The quantitative estimate of drug-likeness (QED) is 0.562. The number of amides is 1. The van der Waals surface area contributed by atoms with Gasteiger partial charge in [-0.05, 0) is 24.3 Å². The Balaban J connectivity index is 1.72. The third-order valence-corrected chi connectivity index (χ3v) is 4.03. The third kappa shape index (κ3) is 3.43. The van der Waals surface area contributed by atoms with Crippen LogP contribution in [0.1, 0.15) is 0 Å². The van der Waals surface area contributed by atoms with Crippen molar-refractivity contribution in [3.63, 3.8) is 0 Å². The van der Waals surface area contributed by atoms with Crippen molar-refractivity contribution in [2.75, 3.05) is 11.1 Å². The minimum Gasteiger partial charge on any atom is -0.320 e. The molecule has 0 atom stereocenters. The largest absolute Gasteiger partial charge is 0.320 e. The van der Waals surface area contributed by atoms with Gasteiger partial charge in [0.2, 0.25) is 5.91 Å². The summed E-state index contributed by atoms with van der Waals surface area (Å²) < 4.78 is 27.0. The SMILES string of the molecule is O=C(CSc1nc2ccccc2c(=O)[nH]1)Nc1c(F)cccc1F. The molecule has 0 saturated carbocycles. The predicted octanol–water partition coefficient (Wildman–Crippen LogP) is 2.93. The van der Waals surface area contributed by atoms with Crippen LogP contribution in [-0.2, 0) is 4.79 Å². The number of hydrogen-bond acceptors (Lipinski definition) is 4. The first-order valence-electron chi connectivity index (χ1n) is 6.90. The number of aromatic nitrogens is 2. The monoisotopic (exact) mass is 347 g/mol. The van der Waals surface area contributed by atoms with Gasteiger partial charge in [0, 0.05) is 0 Å². The van der Waals surface area contributed by atoms with Gasteiger partial charge in [0.05, 0.1) is 16.7 Å². The summed E-state index contributed by atoms with van der Waals surface area (Å²) in [4.78, 5) is 30.6. The van der Waals surface area contributed by atoms with Gasteiger partial charge in [-0.1, -0.05) is 30.0 Å². The summed E-state index contributed by atoms with van der Waals surface area (Å²) in [6, 6.07) is 10.1. The predicted molar refractivity (Wildman–Crippen MR) is 88.1 cm³/mol. The molecule has 24 heavy (non-hydrogen) atoms. The molecule has 0 unspecified atom stereocenters. The fourth-order valence-electron chi connectivity index (χ4n) is 2.06. The number of rotatable bonds is 4. The summed E-state index contributed by atoms with van der Waals surface area (Å²) in [6.07, 6.45) is 0. The number of benzene rings is 2. The van der Waals surface area contributed by atoms with Crippen LogP contribution in [0.4, 0.5) is 14.5 Å². The van der Waals surface area contributed by atoms with Crippen molar-refractivity contribution in [1.29, 1.82) is 0 Å². The van der Waals surface area contributed by atoms with Gasteiger partial charge in [-0.3, -0.25) is 9.59 Å². The average molecular weight is 347 g/mol. The number of hydrogen-bond donors (Lipinski definition) is 2. The van der Waals surface area contributed by atoms with E-state index in [9.17, 15) is 18.4 Å². The van der Waals surface area contributed by atoms with Crippen molar-refractivity contribution in [2.24, 2.45) is 0 Å². The van der Waals surface area contributed by atoms with Crippen molar-refractivity contribution in [3.8, 4) is 0 Å². The number of anilines is 1. The normalized spacial score (nSPS) is 10.8. The lowest BCUT2D eigenvalue weighted by Gasteiger charge is -2.07. The molecule has 0 aliphatic heterocycles. The van der Waals surface area contributed by atoms with E-state index in [0.717, 1.165) is 23.9 Å². The number of thioether (sulfide) groups is 1. The highest BCUT2D eigenvalue weighted by molar-refractivity contribution is 7.99. The van der Waals surface area contributed by atoms with Crippen LogP contribution in [0.25, 0.3) is 10.9 Å². The van der Waals surface area contributed by atoms with Gasteiger partial charge in [0.15, 0.2) is 5.16 Å². The van der Waals surface area contributed by atoms with Gasteiger partial charge in [-0.15, -0.1) is 0 Å². The number of nitrogens with one attached hydrogen (secondary N) is 2. The Morgan fingerprint density at radius 3 is 2.58 bits per heavy atom. The summed E-state index contributed by atoms with van der Waals surface area (Å²) in [5.41, 5.74) is -0.309. The Morgan fingerprint density at radius 2 is 1.83 bits per heavy atom. The van der Waals surface area contributed by atoms with Crippen molar-refractivity contribution in [2.45, 2.75) is 5.16 Å². The van der Waals surface area contributed by atoms with Crippen LogP contribution < -0.4 is 10.9 Å². The topological polar surface area (TPSA) is 74.8 Å². The number of halogens is 2. The molecule has 1 heterocycles. The fourth-order valence-corrected chi connectivity index (χ4v) is 2.73. The van der Waals surface area contributed by atoms with Crippen LogP contribution in [0, 0.1) is 11.6 Å². The average Bonchev–Trinajstić information content (AvgIpc) is 2.56. The molecular formula is C16H11F2N3O2S. The molecule has 1 amide bonds. The van der Waals surface area contributed by atoms with E-state index >= 15 is 0 Å². The second-order valence-electron chi connectivity index (χ2n) is 4.82. The zero-order chi connectivity index (χ0) is 17.1. The van der Waals surface area contributed by atoms with Crippen LogP contribution in [0.2, 0.25) is 0 Å². The van der Waals surface area contributed by atoms with Crippen LogP contribution in [0.15, 0.2) is 52.4 Å². The standard InChI is InChI=1S/C16H11F2N3O2S/c17-10-5-3-6-11(18)14(10)20-13(22)8-24-16-19-12-7-2-1-4-9(12)15(23)21-16/h1-7H,8H2,(H,20,22)(H,19,21,23). The minimum atomic E-state index is -0.856. The van der Waals surface area contributed by atoms with Gasteiger partial charge in [-0.25, -0.2) is 13.8 Å². The van der Waals surface area contributed by atoms with E-state index in [1.807, 2.05) is 0 Å². The molecule has 2 N–H and O–H groups in total. The van der Waals surface area contributed by atoms with Crippen molar-refractivity contribution in [1.82, 2.24) is 9.97 Å². The third-order valence-electron chi connectivity index (χ3n) is 3.16. The van der Waals surface area contributed by atoms with E-state index in [1.54, 1.807) is 24.3 Å². The molecule has 0 bridgehead atoms. The Labute approximate surface area is 139 Å². The van der Waals surface area contributed by atoms with E-state index in [-0.39, 0.29) is 16.5 Å². The number of carbonyl (C=O) groups excluding carboxylic acids is 1. The van der Waals surface area contributed by atoms with E-state index in [0.29, 0.717) is 10.9 Å². The van der Waals surface area contributed by atoms with Crippen LogP contribution >= 0.6 is 11.8 Å². The highest BCUT2D eigenvalue weighted by Crippen LogP contribution is 2.19. The highest BCUT2D eigenvalue weighted by atomic mass is 32.2. The summed E-state index contributed by atoms with van der Waals surface area (Å²) >= 11 is 0.965. The number of nitrogens with zero attached hydrogens (tertiary/aromatic N) is 1. The Kier molecular flexibility index (Phi) is 4.57. The highest BCUT2D eigenvalue weighted by Gasteiger charge is 2.13. The fraction of sp³-hybridized carbons (Fsp3) is 0.0625. The van der Waals surface area contributed by atoms with E-state index < -0.39 is 23.2 Å². The van der Waals surface area contributed by atoms with Gasteiger partial charge in [0.25, 0.3) is 5.56 Å². The Hall–Kier alpha value is -2.74. The first kappa shape index (κ1) is 16.1. The molecule has 2 aromatic carbocycles. The van der Waals surface area contributed by atoms with Gasteiger partial charge in [0.1, 0.15) is 17.3 Å². The molecule has 0 aliphatic rings. The maximum Gasteiger partial charge on any atom is 0.259 e. The van der Waals surface area contributed by atoms with Crippen molar-refractivity contribution in [3.05, 3.63) is 64.5 Å². The second-order valence-corrected chi connectivity index (χ2v) is 5.79. The van der Waals surface area contributed by atoms with Gasteiger partial charge in [-0.2, -0.15) is 0 Å². The lowest BCUT2D eigenvalue weighted by Crippen LogP contribution is -2.17. The lowest BCUT2D eigenvalue weighted by atomic mass is 10.2. The summed E-state index contributed by atoms with van der Waals surface area (Å²) in [7, 11) is 0. The molecule has 5 nitrogen and oxygen atoms in total. The van der Waals surface area contributed by atoms with E-state index in [1.165, 1.54) is 6.07 Å². The van der Waals surface area contributed by atoms with Crippen LogP contribution in [0.3, 0.4) is 0 Å². The molecule has 0 saturated heterocycles. The summed E-state index contributed by atoms with van der Waals surface area (Å²) in [6.45, 7) is 0. The zero-order valence-electron chi connectivity index (χ0n) is 12.2. The molecule has 0 radical (unpaired) electrons. The maximum absolute atomic E-state index is 13.5. The molecule has 8 heteroatoms. The number of para-hydroxylation sites is 2. The van der Waals surface area contributed by atoms with E-state index in [2.05, 4.69) is 15.3 Å². The van der Waals surface area contributed by atoms with E-state index in [4.69, 9.17) is 0 Å². The molecule has 1 aromatic heterocycles. The van der Waals surface area contributed by atoms with Gasteiger partial charge >= 0.3 is 0 Å². The van der Waals surface area contributed by atoms with Crippen molar-refractivity contribution < 1.29 is 13.6 Å². The number of aromatic amines is 1. The first-order valence-corrected chi connectivity index (χ1v) is 7.89. The van der Waals surface area contributed by atoms with Gasteiger partial charge < -0.3 is 10.3 Å². The molecular weight excluding hydrogens is 336 g/mol. The molecule has 122 valence electrons. The lowest BCUT2D eigenvalue weighted by molar-refractivity contribution is -0.113. The second kappa shape index (κ2) is 6.79. The molecule has 3 aromatic rings.